The number of likely N-dealkylation sites (tertiary alicyclic amines) is 1. The topological polar surface area (TPSA) is 75.4 Å². The molecule has 3 rings (SSSR count). The molecule has 2 aromatic rings. The Balaban J connectivity index is 0.00000225. The Labute approximate surface area is 154 Å². The number of nitrogens with two attached hydrogens (primary N) is 1. The van der Waals surface area contributed by atoms with Gasteiger partial charge in [-0.3, -0.25) is 9.59 Å². The smallest absolute Gasteiger partial charge is 0.241 e. The summed E-state index contributed by atoms with van der Waals surface area (Å²) in [7, 11) is 0. The van der Waals surface area contributed by atoms with Gasteiger partial charge in [-0.15, -0.1) is 12.4 Å². The van der Waals surface area contributed by atoms with Gasteiger partial charge in [0.05, 0.1) is 13.0 Å². The first-order chi connectivity index (χ1) is 11.7. The molecule has 0 aromatic heterocycles. The van der Waals surface area contributed by atoms with Crippen LogP contribution < -0.4 is 11.1 Å². The number of amides is 2. The molecule has 2 aromatic carbocycles. The monoisotopic (exact) mass is 361 g/mol. The fourth-order valence-corrected chi connectivity index (χ4v) is 3.22. The summed E-state index contributed by atoms with van der Waals surface area (Å²) in [6.45, 7) is 2.10. The Kier molecular flexibility index (Phi) is 6.79. The highest BCUT2D eigenvalue weighted by Crippen LogP contribution is 2.19. The molecule has 134 valence electrons. The Hall–Kier alpha value is -2.11. The predicted octanol–water partition coefficient (Wildman–Crippen LogP) is 1.73. The lowest BCUT2D eigenvalue weighted by Crippen LogP contribution is -2.39. The van der Waals surface area contributed by atoms with Crippen LogP contribution in [0.2, 0.25) is 0 Å². The molecule has 1 fully saturated rings. The van der Waals surface area contributed by atoms with Crippen molar-refractivity contribution in [2.24, 2.45) is 11.7 Å². The van der Waals surface area contributed by atoms with Crippen molar-refractivity contribution in [1.29, 1.82) is 0 Å². The van der Waals surface area contributed by atoms with Gasteiger partial charge < -0.3 is 16.0 Å². The minimum absolute atomic E-state index is 0. The van der Waals surface area contributed by atoms with Crippen molar-refractivity contribution < 1.29 is 9.59 Å². The quantitative estimate of drug-likeness (QED) is 0.851. The maximum Gasteiger partial charge on any atom is 0.241 e. The second kappa shape index (κ2) is 8.83. The Morgan fingerprint density at radius 2 is 1.92 bits per heavy atom. The molecule has 1 heterocycles. The number of carbonyl (C=O) groups excluding carboxylic acids is 2. The average molecular weight is 362 g/mol. The molecular weight excluding hydrogens is 338 g/mol. The number of fused-ring (bicyclic) bond motifs is 1. The normalized spacial score (nSPS) is 16.5. The lowest BCUT2D eigenvalue weighted by molar-refractivity contribution is -0.132. The number of hydrogen-bond donors (Lipinski definition) is 2. The average Bonchev–Trinajstić information content (AvgIpc) is 3.09. The van der Waals surface area contributed by atoms with Crippen molar-refractivity contribution >= 4 is 35.0 Å². The third-order valence-electron chi connectivity index (χ3n) is 4.64. The van der Waals surface area contributed by atoms with E-state index < -0.39 is 0 Å². The van der Waals surface area contributed by atoms with Gasteiger partial charge in [0, 0.05) is 13.1 Å². The Morgan fingerprint density at radius 1 is 1.16 bits per heavy atom. The molecule has 0 bridgehead atoms. The molecule has 1 aliphatic heterocycles. The van der Waals surface area contributed by atoms with Crippen LogP contribution in [-0.2, 0) is 16.0 Å². The number of hydrogen-bond acceptors (Lipinski definition) is 3. The summed E-state index contributed by atoms with van der Waals surface area (Å²) in [5, 5.41) is 4.93. The summed E-state index contributed by atoms with van der Waals surface area (Å²) in [4.78, 5) is 26.1. The molecule has 1 saturated heterocycles. The lowest BCUT2D eigenvalue weighted by atomic mass is 10.0. The molecule has 1 unspecified atom stereocenters. The van der Waals surface area contributed by atoms with E-state index in [-0.39, 0.29) is 37.2 Å². The minimum atomic E-state index is -0.130. The maximum atomic E-state index is 12.2. The number of rotatable bonds is 5. The van der Waals surface area contributed by atoms with Crippen LogP contribution >= 0.6 is 12.4 Å². The molecule has 5 nitrogen and oxygen atoms in total. The number of nitrogens with zero attached hydrogens (tertiary/aromatic N) is 1. The summed E-state index contributed by atoms with van der Waals surface area (Å²) < 4.78 is 0. The van der Waals surface area contributed by atoms with Gasteiger partial charge >= 0.3 is 0 Å². The van der Waals surface area contributed by atoms with Crippen molar-refractivity contribution in [3.63, 3.8) is 0 Å². The standard InChI is InChI=1S/C19H23N3O2.ClH/c20-11-14-8-9-22(13-14)19(24)12-21-18(23)10-16-6-3-5-15-4-1-2-7-17(15)16;/h1-7,14H,8-13,20H2,(H,21,23);1H. The molecule has 1 atom stereocenters. The third-order valence-corrected chi connectivity index (χ3v) is 4.64. The van der Waals surface area contributed by atoms with E-state index >= 15 is 0 Å². The van der Waals surface area contributed by atoms with Crippen LogP contribution in [0.3, 0.4) is 0 Å². The Bertz CT molecular complexity index is 745. The third kappa shape index (κ3) is 4.71. The fraction of sp³-hybridized carbons (Fsp3) is 0.368. The second-order valence-electron chi connectivity index (χ2n) is 6.32. The van der Waals surface area contributed by atoms with Crippen LogP contribution in [-0.4, -0.2) is 42.9 Å². The van der Waals surface area contributed by atoms with Gasteiger partial charge in [-0.05, 0) is 35.2 Å². The van der Waals surface area contributed by atoms with Crippen LogP contribution in [0.15, 0.2) is 42.5 Å². The van der Waals surface area contributed by atoms with Crippen LogP contribution in [0.1, 0.15) is 12.0 Å². The van der Waals surface area contributed by atoms with Crippen LogP contribution in [0.25, 0.3) is 10.8 Å². The molecule has 0 aliphatic carbocycles. The summed E-state index contributed by atoms with van der Waals surface area (Å²) in [6, 6.07) is 13.9. The van der Waals surface area contributed by atoms with E-state index in [2.05, 4.69) is 5.32 Å². The van der Waals surface area contributed by atoms with Crippen molar-refractivity contribution in [2.75, 3.05) is 26.2 Å². The molecule has 2 amide bonds. The van der Waals surface area contributed by atoms with Crippen LogP contribution in [0.5, 0.6) is 0 Å². The van der Waals surface area contributed by atoms with Gasteiger partial charge in [0.1, 0.15) is 0 Å². The van der Waals surface area contributed by atoms with Gasteiger partial charge in [-0.1, -0.05) is 42.5 Å². The number of nitrogens with one attached hydrogen (secondary N) is 1. The molecule has 0 radical (unpaired) electrons. The zero-order chi connectivity index (χ0) is 16.9. The number of benzene rings is 2. The Morgan fingerprint density at radius 3 is 2.68 bits per heavy atom. The minimum Gasteiger partial charge on any atom is -0.347 e. The summed E-state index contributed by atoms with van der Waals surface area (Å²) in [6.07, 6.45) is 1.23. The predicted molar refractivity (Wildman–Crippen MR) is 102 cm³/mol. The second-order valence-corrected chi connectivity index (χ2v) is 6.32. The highest BCUT2D eigenvalue weighted by molar-refractivity contribution is 5.91. The van der Waals surface area contributed by atoms with Gasteiger partial charge in [0.15, 0.2) is 0 Å². The van der Waals surface area contributed by atoms with E-state index in [0.717, 1.165) is 29.3 Å². The summed E-state index contributed by atoms with van der Waals surface area (Å²) in [5.41, 5.74) is 6.62. The van der Waals surface area contributed by atoms with Crippen LogP contribution in [0.4, 0.5) is 0 Å². The van der Waals surface area contributed by atoms with Gasteiger partial charge in [-0.2, -0.15) is 0 Å². The van der Waals surface area contributed by atoms with E-state index in [9.17, 15) is 9.59 Å². The van der Waals surface area contributed by atoms with E-state index in [1.54, 1.807) is 4.90 Å². The van der Waals surface area contributed by atoms with Gasteiger partial charge in [0.2, 0.25) is 11.8 Å². The zero-order valence-electron chi connectivity index (χ0n) is 14.1. The fourth-order valence-electron chi connectivity index (χ4n) is 3.22. The molecule has 0 saturated carbocycles. The summed E-state index contributed by atoms with van der Waals surface area (Å²) in [5.74, 6) is 0.229. The first kappa shape index (κ1) is 19.2. The molecule has 25 heavy (non-hydrogen) atoms. The van der Waals surface area contributed by atoms with Crippen molar-refractivity contribution in [1.82, 2.24) is 10.2 Å². The first-order valence-electron chi connectivity index (χ1n) is 8.38. The maximum absolute atomic E-state index is 12.2. The van der Waals surface area contributed by atoms with Crippen molar-refractivity contribution in [2.45, 2.75) is 12.8 Å². The van der Waals surface area contributed by atoms with Gasteiger partial charge in [-0.25, -0.2) is 0 Å². The van der Waals surface area contributed by atoms with E-state index in [1.165, 1.54) is 0 Å². The molecule has 0 spiro atoms. The molecule has 3 N–H and O–H groups in total. The molecular formula is C19H24ClN3O2. The van der Waals surface area contributed by atoms with Crippen molar-refractivity contribution in [3.05, 3.63) is 48.0 Å². The highest BCUT2D eigenvalue weighted by Gasteiger charge is 2.25. The number of carbonyl (C=O) groups is 2. The highest BCUT2D eigenvalue weighted by atomic mass is 35.5. The number of halogens is 1. The molecule has 1 aliphatic rings. The SMILES string of the molecule is Cl.NCC1CCN(C(=O)CNC(=O)Cc2cccc3ccccc23)C1. The zero-order valence-corrected chi connectivity index (χ0v) is 14.9. The van der Waals surface area contributed by atoms with Crippen molar-refractivity contribution in [3.8, 4) is 0 Å². The van der Waals surface area contributed by atoms with E-state index in [1.807, 2.05) is 42.5 Å². The lowest BCUT2D eigenvalue weighted by Gasteiger charge is -2.16. The first-order valence-corrected chi connectivity index (χ1v) is 8.38. The largest absolute Gasteiger partial charge is 0.347 e. The molecule has 6 heteroatoms. The van der Waals surface area contributed by atoms with E-state index in [4.69, 9.17) is 5.73 Å². The van der Waals surface area contributed by atoms with E-state index in [0.29, 0.717) is 19.0 Å². The van der Waals surface area contributed by atoms with Gasteiger partial charge in [0.25, 0.3) is 0 Å². The summed E-state index contributed by atoms with van der Waals surface area (Å²) >= 11 is 0. The van der Waals surface area contributed by atoms with Crippen LogP contribution in [0, 0.1) is 5.92 Å².